The molecule has 0 aliphatic rings. The standard InChI is InChI=1S/C27H37BrN2O3/c1-6-16-29-26(32)23(7-2)30(17-15-20-11-9-8-10-12-20)25(31)19-33-24-14-13-21(18-22(24)28)27(3,4)5/h8-14,18,23H,6-7,15-17,19H2,1-5H3,(H,29,32)/t23-/m0/s1. The minimum absolute atomic E-state index is 0.0192. The normalized spacial score (nSPS) is 12.2. The van der Waals surface area contributed by atoms with E-state index in [-0.39, 0.29) is 23.8 Å². The molecule has 2 aromatic carbocycles. The van der Waals surface area contributed by atoms with E-state index in [9.17, 15) is 9.59 Å². The van der Waals surface area contributed by atoms with E-state index >= 15 is 0 Å². The van der Waals surface area contributed by atoms with Crippen LogP contribution in [0.1, 0.15) is 58.6 Å². The highest BCUT2D eigenvalue weighted by molar-refractivity contribution is 9.10. The number of rotatable bonds is 11. The molecule has 0 aliphatic heterocycles. The molecule has 0 heterocycles. The Bertz CT molecular complexity index is 909. The number of benzene rings is 2. The van der Waals surface area contributed by atoms with Gasteiger partial charge < -0.3 is 15.0 Å². The SMILES string of the molecule is CCCNC(=O)[C@H](CC)N(CCc1ccccc1)C(=O)COc1ccc(C(C)(C)C)cc1Br. The van der Waals surface area contributed by atoms with E-state index in [1.807, 2.05) is 62.4 Å². The lowest BCUT2D eigenvalue weighted by atomic mass is 9.87. The number of halogens is 1. The molecule has 0 fully saturated rings. The van der Waals surface area contributed by atoms with Gasteiger partial charge in [-0.05, 0) is 63.9 Å². The van der Waals surface area contributed by atoms with Crippen LogP contribution in [-0.2, 0) is 21.4 Å². The van der Waals surface area contributed by atoms with Crippen LogP contribution in [-0.4, -0.2) is 42.5 Å². The maximum absolute atomic E-state index is 13.3. The van der Waals surface area contributed by atoms with Crippen molar-refractivity contribution in [2.75, 3.05) is 19.7 Å². The third-order valence-electron chi connectivity index (χ3n) is 5.57. The Morgan fingerprint density at radius 2 is 1.79 bits per heavy atom. The third-order valence-corrected chi connectivity index (χ3v) is 6.19. The molecular weight excluding hydrogens is 480 g/mol. The summed E-state index contributed by atoms with van der Waals surface area (Å²) in [5, 5.41) is 2.94. The van der Waals surface area contributed by atoms with Crippen molar-refractivity contribution in [1.29, 1.82) is 0 Å². The summed E-state index contributed by atoms with van der Waals surface area (Å²) in [6, 6.07) is 15.4. The van der Waals surface area contributed by atoms with E-state index in [2.05, 4.69) is 42.0 Å². The summed E-state index contributed by atoms with van der Waals surface area (Å²) in [5.41, 5.74) is 2.32. The van der Waals surface area contributed by atoms with Crippen molar-refractivity contribution in [2.45, 2.75) is 65.3 Å². The molecule has 5 nitrogen and oxygen atoms in total. The van der Waals surface area contributed by atoms with Crippen LogP contribution in [0.3, 0.4) is 0 Å². The topological polar surface area (TPSA) is 58.6 Å². The Kier molecular flexibility index (Phi) is 10.4. The van der Waals surface area contributed by atoms with Crippen molar-refractivity contribution in [1.82, 2.24) is 10.2 Å². The van der Waals surface area contributed by atoms with Crippen LogP contribution in [0.4, 0.5) is 0 Å². The molecular formula is C27H37BrN2O3. The van der Waals surface area contributed by atoms with Crippen molar-refractivity contribution in [2.24, 2.45) is 0 Å². The average molecular weight is 518 g/mol. The van der Waals surface area contributed by atoms with Crippen molar-refractivity contribution in [3.05, 3.63) is 64.1 Å². The number of ether oxygens (including phenoxy) is 1. The Balaban J connectivity index is 2.15. The quantitative estimate of drug-likeness (QED) is 0.428. The van der Waals surface area contributed by atoms with Crippen LogP contribution in [0.15, 0.2) is 53.0 Å². The number of carbonyl (C=O) groups is 2. The summed E-state index contributed by atoms with van der Waals surface area (Å²) in [4.78, 5) is 27.7. The van der Waals surface area contributed by atoms with Gasteiger partial charge in [0.2, 0.25) is 5.91 Å². The van der Waals surface area contributed by atoms with Gasteiger partial charge in [0.25, 0.3) is 5.91 Å². The molecule has 2 rings (SSSR count). The predicted octanol–water partition coefficient (Wildman–Crippen LogP) is 5.50. The van der Waals surface area contributed by atoms with Crippen LogP contribution in [0, 0.1) is 0 Å². The molecule has 2 amide bonds. The smallest absolute Gasteiger partial charge is 0.261 e. The Morgan fingerprint density at radius 1 is 1.09 bits per heavy atom. The number of hydrogen-bond acceptors (Lipinski definition) is 3. The second-order valence-electron chi connectivity index (χ2n) is 9.22. The second kappa shape index (κ2) is 12.8. The molecule has 0 radical (unpaired) electrons. The lowest BCUT2D eigenvalue weighted by molar-refractivity contribution is -0.142. The number of nitrogens with one attached hydrogen (secondary N) is 1. The van der Waals surface area contributed by atoms with Crippen LogP contribution in [0.2, 0.25) is 0 Å². The summed E-state index contributed by atoms with van der Waals surface area (Å²) >= 11 is 3.57. The Morgan fingerprint density at radius 3 is 2.36 bits per heavy atom. The summed E-state index contributed by atoms with van der Waals surface area (Å²) in [5.74, 6) is 0.301. The first-order valence-electron chi connectivity index (χ1n) is 11.7. The van der Waals surface area contributed by atoms with Gasteiger partial charge in [-0.25, -0.2) is 0 Å². The number of amides is 2. The minimum Gasteiger partial charge on any atom is -0.483 e. The van der Waals surface area contributed by atoms with Crippen molar-refractivity contribution >= 4 is 27.7 Å². The fourth-order valence-corrected chi connectivity index (χ4v) is 4.06. The van der Waals surface area contributed by atoms with Crippen LogP contribution < -0.4 is 10.1 Å². The van der Waals surface area contributed by atoms with Gasteiger partial charge in [-0.2, -0.15) is 0 Å². The van der Waals surface area contributed by atoms with Crippen molar-refractivity contribution < 1.29 is 14.3 Å². The molecule has 0 bridgehead atoms. The van der Waals surface area contributed by atoms with Crippen molar-refractivity contribution in [3.63, 3.8) is 0 Å². The number of nitrogens with zero attached hydrogens (tertiary/aromatic N) is 1. The minimum atomic E-state index is -0.525. The Hall–Kier alpha value is -2.34. The zero-order chi connectivity index (χ0) is 24.4. The van der Waals surface area contributed by atoms with Gasteiger partial charge in [0.05, 0.1) is 4.47 Å². The monoisotopic (exact) mass is 516 g/mol. The highest BCUT2D eigenvalue weighted by Crippen LogP contribution is 2.31. The summed E-state index contributed by atoms with van der Waals surface area (Å²) < 4.78 is 6.70. The lowest BCUT2D eigenvalue weighted by Crippen LogP contribution is -2.51. The van der Waals surface area contributed by atoms with Crippen LogP contribution >= 0.6 is 15.9 Å². The van der Waals surface area contributed by atoms with E-state index in [1.165, 1.54) is 5.56 Å². The second-order valence-corrected chi connectivity index (χ2v) is 10.1. The molecule has 6 heteroatoms. The van der Waals surface area contributed by atoms with E-state index in [0.717, 1.165) is 16.5 Å². The zero-order valence-corrected chi connectivity index (χ0v) is 22.1. The summed E-state index contributed by atoms with van der Waals surface area (Å²) in [6.45, 7) is 11.3. The van der Waals surface area contributed by atoms with Crippen LogP contribution in [0.25, 0.3) is 0 Å². The van der Waals surface area contributed by atoms with Gasteiger partial charge >= 0.3 is 0 Å². The predicted molar refractivity (Wildman–Crippen MR) is 138 cm³/mol. The Labute approximate surface area is 207 Å². The van der Waals surface area contributed by atoms with Crippen molar-refractivity contribution in [3.8, 4) is 5.75 Å². The fraction of sp³-hybridized carbons (Fsp3) is 0.481. The maximum atomic E-state index is 13.3. The fourth-order valence-electron chi connectivity index (χ4n) is 3.57. The van der Waals surface area contributed by atoms with E-state index in [0.29, 0.717) is 31.7 Å². The molecule has 0 aromatic heterocycles. The van der Waals surface area contributed by atoms with E-state index < -0.39 is 6.04 Å². The summed E-state index contributed by atoms with van der Waals surface area (Å²) in [6.07, 6.45) is 2.07. The van der Waals surface area contributed by atoms with Gasteiger partial charge in [-0.1, -0.05) is 71.0 Å². The zero-order valence-electron chi connectivity index (χ0n) is 20.5. The molecule has 0 saturated heterocycles. The van der Waals surface area contributed by atoms with Gasteiger partial charge in [-0.3, -0.25) is 9.59 Å². The first kappa shape index (κ1) is 26.9. The molecule has 0 saturated carbocycles. The number of carbonyl (C=O) groups excluding carboxylic acids is 2. The maximum Gasteiger partial charge on any atom is 0.261 e. The first-order valence-corrected chi connectivity index (χ1v) is 12.5. The molecule has 0 unspecified atom stereocenters. The van der Waals surface area contributed by atoms with Gasteiger partial charge in [-0.15, -0.1) is 0 Å². The molecule has 0 aliphatic carbocycles. The van der Waals surface area contributed by atoms with Gasteiger partial charge in [0.1, 0.15) is 11.8 Å². The number of hydrogen-bond donors (Lipinski definition) is 1. The molecule has 33 heavy (non-hydrogen) atoms. The average Bonchev–Trinajstić information content (AvgIpc) is 2.79. The largest absolute Gasteiger partial charge is 0.483 e. The third kappa shape index (κ3) is 8.18. The molecule has 1 atom stereocenters. The van der Waals surface area contributed by atoms with E-state index in [1.54, 1.807) is 4.90 Å². The van der Waals surface area contributed by atoms with Crippen LogP contribution in [0.5, 0.6) is 5.75 Å². The highest BCUT2D eigenvalue weighted by Gasteiger charge is 2.28. The highest BCUT2D eigenvalue weighted by atomic mass is 79.9. The van der Waals surface area contributed by atoms with Gasteiger partial charge in [0.15, 0.2) is 6.61 Å². The lowest BCUT2D eigenvalue weighted by Gasteiger charge is -2.30. The molecule has 1 N–H and O–H groups in total. The van der Waals surface area contributed by atoms with E-state index in [4.69, 9.17) is 4.74 Å². The molecule has 2 aromatic rings. The molecule has 180 valence electrons. The van der Waals surface area contributed by atoms with Gasteiger partial charge in [0, 0.05) is 13.1 Å². The first-order chi connectivity index (χ1) is 15.7. The molecule has 0 spiro atoms. The summed E-state index contributed by atoms with van der Waals surface area (Å²) in [7, 11) is 0.